The second-order valence-electron chi connectivity index (χ2n) is 7.55. The summed E-state index contributed by atoms with van der Waals surface area (Å²) in [6.07, 6.45) is 0. The van der Waals surface area contributed by atoms with Gasteiger partial charge < -0.3 is 14.4 Å². The fourth-order valence-corrected chi connectivity index (χ4v) is 4.95. The van der Waals surface area contributed by atoms with Gasteiger partial charge in [-0.05, 0) is 63.7 Å². The third-order valence-corrected chi connectivity index (χ3v) is 7.03. The minimum atomic E-state index is -0.126. The Kier molecular flexibility index (Phi) is 8.95. The molecule has 1 heterocycles. The topological polar surface area (TPSA) is 54.9 Å². The molecule has 178 valence electrons. The molecule has 6 nitrogen and oxygen atoms in total. The Bertz CT molecular complexity index is 1060. The molecule has 33 heavy (non-hydrogen) atoms. The zero-order valence-electron chi connectivity index (χ0n) is 20.0. The number of rotatable bonds is 11. The molecule has 0 aliphatic heterocycles. The summed E-state index contributed by atoms with van der Waals surface area (Å²) in [6.45, 7) is 14.2. The molecular formula is C25H32ClN3O3S. The highest BCUT2D eigenvalue weighted by Gasteiger charge is 2.24. The number of benzene rings is 2. The lowest BCUT2D eigenvalue weighted by molar-refractivity contribution is 0.0983. The van der Waals surface area contributed by atoms with Crippen LogP contribution in [0.4, 0.5) is 5.13 Å². The number of anilines is 1. The molecule has 3 rings (SSSR count). The van der Waals surface area contributed by atoms with Crippen molar-refractivity contribution in [1.82, 2.24) is 9.88 Å². The first kappa shape index (κ1) is 25.3. The van der Waals surface area contributed by atoms with E-state index in [1.807, 2.05) is 32.9 Å². The van der Waals surface area contributed by atoms with E-state index < -0.39 is 0 Å². The lowest BCUT2D eigenvalue weighted by Gasteiger charge is -2.25. The third kappa shape index (κ3) is 5.78. The molecule has 2 aromatic carbocycles. The van der Waals surface area contributed by atoms with Crippen LogP contribution in [0.25, 0.3) is 10.2 Å². The van der Waals surface area contributed by atoms with Gasteiger partial charge >= 0.3 is 0 Å². The number of carbonyl (C=O) groups excluding carboxylic acids is 1. The summed E-state index contributed by atoms with van der Waals surface area (Å²) in [6, 6.07) is 9.17. The van der Waals surface area contributed by atoms with Crippen molar-refractivity contribution < 1.29 is 14.3 Å². The number of fused-ring (bicyclic) bond motifs is 1. The molecule has 0 atom stereocenters. The minimum Gasteiger partial charge on any atom is -0.490 e. The number of likely N-dealkylation sites (N-methyl/N-ethyl adjacent to an activating group) is 1. The molecule has 0 unspecified atom stereocenters. The summed E-state index contributed by atoms with van der Waals surface area (Å²) in [5.41, 5.74) is 2.40. The van der Waals surface area contributed by atoms with E-state index >= 15 is 0 Å². The average Bonchev–Trinajstić information content (AvgIpc) is 3.27. The molecule has 0 fully saturated rings. The van der Waals surface area contributed by atoms with Gasteiger partial charge in [-0.25, -0.2) is 4.98 Å². The van der Waals surface area contributed by atoms with Crippen molar-refractivity contribution in [2.24, 2.45) is 0 Å². The molecule has 0 spiro atoms. The minimum absolute atomic E-state index is 0.126. The van der Waals surface area contributed by atoms with Crippen molar-refractivity contribution in [3.8, 4) is 11.5 Å². The summed E-state index contributed by atoms with van der Waals surface area (Å²) in [5.74, 6) is 1.07. The first-order chi connectivity index (χ1) is 15.9. The maximum atomic E-state index is 13.8. The SMILES string of the molecule is CCOc1ccc(C(=O)N(CCN(CC)CC)c2nc3c(C)ccc(Cl)c3s2)cc1OCC. The molecule has 0 saturated heterocycles. The smallest absolute Gasteiger partial charge is 0.260 e. The second-order valence-corrected chi connectivity index (χ2v) is 8.93. The predicted molar refractivity (Wildman–Crippen MR) is 138 cm³/mol. The Morgan fingerprint density at radius 1 is 1.00 bits per heavy atom. The van der Waals surface area contributed by atoms with E-state index in [1.165, 1.54) is 11.3 Å². The van der Waals surface area contributed by atoms with Crippen molar-refractivity contribution in [2.75, 3.05) is 44.3 Å². The van der Waals surface area contributed by atoms with Gasteiger partial charge in [0.2, 0.25) is 0 Å². The molecule has 0 saturated carbocycles. The molecule has 0 aliphatic carbocycles. The number of hydrogen-bond acceptors (Lipinski definition) is 6. The second kappa shape index (κ2) is 11.7. The number of ether oxygens (including phenoxy) is 2. The van der Waals surface area contributed by atoms with Gasteiger partial charge in [0.1, 0.15) is 0 Å². The zero-order chi connectivity index (χ0) is 24.0. The van der Waals surface area contributed by atoms with E-state index in [4.69, 9.17) is 26.1 Å². The number of nitrogens with zero attached hydrogens (tertiary/aromatic N) is 3. The first-order valence-electron chi connectivity index (χ1n) is 11.4. The fraction of sp³-hybridized carbons (Fsp3) is 0.440. The van der Waals surface area contributed by atoms with Gasteiger partial charge in [-0.2, -0.15) is 0 Å². The number of amides is 1. The van der Waals surface area contributed by atoms with E-state index in [0.29, 0.717) is 47.0 Å². The highest BCUT2D eigenvalue weighted by Crippen LogP contribution is 2.36. The molecule has 1 amide bonds. The van der Waals surface area contributed by atoms with Crippen molar-refractivity contribution in [3.05, 3.63) is 46.5 Å². The fourth-order valence-electron chi connectivity index (χ4n) is 3.61. The van der Waals surface area contributed by atoms with E-state index in [2.05, 4.69) is 18.7 Å². The van der Waals surface area contributed by atoms with Gasteiger partial charge in [-0.15, -0.1) is 0 Å². The molecule has 0 bridgehead atoms. The van der Waals surface area contributed by atoms with Gasteiger partial charge in [-0.1, -0.05) is 42.9 Å². The molecular weight excluding hydrogens is 458 g/mol. The van der Waals surface area contributed by atoms with Crippen LogP contribution in [0.15, 0.2) is 30.3 Å². The highest BCUT2D eigenvalue weighted by atomic mass is 35.5. The summed E-state index contributed by atoms with van der Waals surface area (Å²) in [5, 5.41) is 1.29. The average molecular weight is 490 g/mol. The van der Waals surface area contributed by atoms with Crippen molar-refractivity contribution in [3.63, 3.8) is 0 Å². The van der Waals surface area contributed by atoms with Gasteiger partial charge in [-0.3, -0.25) is 9.69 Å². The maximum absolute atomic E-state index is 13.8. The number of aryl methyl sites for hydroxylation is 1. The van der Waals surface area contributed by atoms with Crippen LogP contribution in [0.3, 0.4) is 0 Å². The van der Waals surface area contributed by atoms with Crippen molar-refractivity contribution in [2.45, 2.75) is 34.6 Å². The lowest BCUT2D eigenvalue weighted by Crippen LogP contribution is -2.38. The monoisotopic (exact) mass is 489 g/mol. The normalized spacial score (nSPS) is 11.2. The summed E-state index contributed by atoms with van der Waals surface area (Å²) < 4.78 is 12.3. The molecule has 3 aromatic rings. The maximum Gasteiger partial charge on any atom is 0.260 e. The van der Waals surface area contributed by atoms with Crippen LogP contribution >= 0.6 is 22.9 Å². The van der Waals surface area contributed by atoms with Crippen LogP contribution in [0.2, 0.25) is 5.02 Å². The molecule has 8 heteroatoms. The largest absolute Gasteiger partial charge is 0.490 e. The molecule has 1 aromatic heterocycles. The number of aromatic nitrogens is 1. The van der Waals surface area contributed by atoms with Crippen LogP contribution in [-0.2, 0) is 0 Å². The Hall–Kier alpha value is -2.35. The van der Waals surface area contributed by atoms with Crippen LogP contribution < -0.4 is 14.4 Å². The summed E-state index contributed by atoms with van der Waals surface area (Å²) in [4.78, 5) is 22.6. The van der Waals surface area contributed by atoms with Gasteiger partial charge in [0.25, 0.3) is 5.91 Å². The summed E-state index contributed by atoms with van der Waals surface area (Å²) in [7, 11) is 0. The Morgan fingerprint density at radius 3 is 2.33 bits per heavy atom. The molecule has 0 aliphatic rings. The van der Waals surface area contributed by atoms with E-state index in [0.717, 1.165) is 35.4 Å². The third-order valence-electron chi connectivity index (χ3n) is 5.49. The van der Waals surface area contributed by atoms with Gasteiger partial charge in [0.05, 0.1) is 28.5 Å². The van der Waals surface area contributed by atoms with Crippen LogP contribution in [0, 0.1) is 6.92 Å². The van der Waals surface area contributed by atoms with Crippen LogP contribution in [0.5, 0.6) is 11.5 Å². The standard InChI is InChI=1S/C25H32ClN3O3S/c1-6-28(7-2)14-15-29(25-27-22-17(5)10-12-19(26)23(22)33-25)24(30)18-11-13-20(31-8-3)21(16-18)32-9-4/h10-13,16H,6-9,14-15H2,1-5H3. The van der Waals surface area contributed by atoms with Crippen LogP contribution in [0.1, 0.15) is 43.6 Å². The number of thiazole rings is 1. The number of halogens is 1. The number of hydrogen-bond donors (Lipinski definition) is 0. The van der Waals surface area contributed by atoms with E-state index in [9.17, 15) is 4.79 Å². The van der Waals surface area contributed by atoms with Gasteiger partial charge in [0.15, 0.2) is 16.6 Å². The zero-order valence-corrected chi connectivity index (χ0v) is 21.6. The number of carbonyl (C=O) groups is 1. The van der Waals surface area contributed by atoms with E-state index in [-0.39, 0.29) is 5.91 Å². The molecule has 0 radical (unpaired) electrons. The highest BCUT2D eigenvalue weighted by molar-refractivity contribution is 7.23. The Morgan fingerprint density at radius 2 is 1.70 bits per heavy atom. The van der Waals surface area contributed by atoms with Crippen LogP contribution in [-0.4, -0.2) is 55.2 Å². The van der Waals surface area contributed by atoms with Crippen molar-refractivity contribution >= 4 is 44.2 Å². The van der Waals surface area contributed by atoms with E-state index in [1.54, 1.807) is 23.1 Å². The quantitative estimate of drug-likeness (QED) is 0.328. The predicted octanol–water partition coefficient (Wildman–Crippen LogP) is 6.04. The van der Waals surface area contributed by atoms with Crippen molar-refractivity contribution in [1.29, 1.82) is 0 Å². The van der Waals surface area contributed by atoms with Gasteiger partial charge in [0, 0.05) is 18.7 Å². The first-order valence-corrected chi connectivity index (χ1v) is 12.6. The summed E-state index contributed by atoms with van der Waals surface area (Å²) >= 11 is 7.90. The lowest BCUT2D eigenvalue weighted by atomic mass is 10.1. The Balaban J connectivity index is 2.02. The Labute approximate surface area is 205 Å². The molecule has 0 N–H and O–H groups in total.